The number of piperidine rings is 1. The van der Waals surface area contributed by atoms with Gasteiger partial charge in [0.05, 0.1) is 13.2 Å². The Kier molecular flexibility index (Phi) is 4.97. The molecule has 0 saturated carbocycles. The van der Waals surface area contributed by atoms with Crippen LogP contribution >= 0.6 is 0 Å². The van der Waals surface area contributed by atoms with Crippen LogP contribution in [-0.2, 0) is 4.74 Å². The van der Waals surface area contributed by atoms with Crippen LogP contribution in [0.15, 0.2) is 24.5 Å². The zero-order chi connectivity index (χ0) is 16.3. The second-order valence-corrected chi connectivity index (χ2v) is 7.18. The predicted molar refractivity (Wildman–Crippen MR) is 89.3 cm³/mol. The van der Waals surface area contributed by atoms with Crippen LogP contribution < -0.4 is 0 Å². The normalized spacial score (nSPS) is 26.5. The number of carbonyl (C=O) groups excluding carboxylic acids is 1. The van der Waals surface area contributed by atoms with Gasteiger partial charge in [0, 0.05) is 55.6 Å². The molecule has 3 rings (SSSR count). The number of hydrogen-bond acceptors (Lipinski definition) is 4. The highest BCUT2D eigenvalue weighted by Gasteiger charge is 2.40. The molecule has 126 valence electrons. The van der Waals surface area contributed by atoms with Crippen LogP contribution in [-0.4, -0.2) is 66.1 Å². The van der Waals surface area contributed by atoms with E-state index in [1.807, 2.05) is 4.90 Å². The second-order valence-electron chi connectivity index (χ2n) is 7.18. The van der Waals surface area contributed by atoms with Gasteiger partial charge in [0.25, 0.3) is 5.91 Å². The number of amides is 1. The summed E-state index contributed by atoms with van der Waals surface area (Å²) in [4.78, 5) is 21.3. The fourth-order valence-corrected chi connectivity index (χ4v) is 3.77. The zero-order valence-electron chi connectivity index (χ0n) is 14.2. The first-order chi connectivity index (χ1) is 11.1. The van der Waals surface area contributed by atoms with E-state index in [4.69, 9.17) is 4.74 Å². The lowest BCUT2D eigenvalue weighted by molar-refractivity contribution is 0.00572. The van der Waals surface area contributed by atoms with Gasteiger partial charge in [-0.1, -0.05) is 0 Å². The van der Waals surface area contributed by atoms with E-state index in [0.29, 0.717) is 6.04 Å². The van der Waals surface area contributed by atoms with Crippen molar-refractivity contribution in [2.24, 2.45) is 5.41 Å². The van der Waals surface area contributed by atoms with E-state index in [1.165, 1.54) is 0 Å². The molecule has 2 aliphatic heterocycles. The van der Waals surface area contributed by atoms with Crippen molar-refractivity contribution < 1.29 is 9.53 Å². The molecule has 1 spiro atoms. The summed E-state index contributed by atoms with van der Waals surface area (Å²) in [7, 11) is 0. The van der Waals surface area contributed by atoms with Crippen molar-refractivity contribution in [1.29, 1.82) is 0 Å². The highest BCUT2D eigenvalue weighted by molar-refractivity contribution is 5.94. The van der Waals surface area contributed by atoms with Gasteiger partial charge in [-0.15, -0.1) is 0 Å². The van der Waals surface area contributed by atoms with Crippen molar-refractivity contribution in [1.82, 2.24) is 14.8 Å². The first-order valence-electron chi connectivity index (χ1n) is 8.61. The third-order valence-electron chi connectivity index (χ3n) is 5.08. The van der Waals surface area contributed by atoms with Gasteiger partial charge in [-0.25, -0.2) is 0 Å². The lowest BCUT2D eigenvalue weighted by Crippen LogP contribution is -2.53. The second kappa shape index (κ2) is 6.97. The summed E-state index contributed by atoms with van der Waals surface area (Å²) in [6.07, 6.45) is 5.55. The molecule has 1 amide bonds. The Morgan fingerprint density at radius 2 is 2.04 bits per heavy atom. The monoisotopic (exact) mass is 317 g/mol. The average Bonchev–Trinajstić information content (AvgIpc) is 2.78. The van der Waals surface area contributed by atoms with Crippen LogP contribution in [0, 0.1) is 5.41 Å². The van der Waals surface area contributed by atoms with Gasteiger partial charge in [-0.3, -0.25) is 14.7 Å². The smallest absolute Gasteiger partial charge is 0.253 e. The number of ether oxygens (including phenoxy) is 1. The van der Waals surface area contributed by atoms with Crippen LogP contribution in [0.5, 0.6) is 0 Å². The topological polar surface area (TPSA) is 45.7 Å². The fraction of sp³-hybridized carbons (Fsp3) is 0.667. The van der Waals surface area contributed by atoms with Crippen molar-refractivity contribution in [3.8, 4) is 0 Å². The molecular weight excluding hydrogens is 290 g/mol. The summed E-state index contributed by atoms with van der Waals surface area (Å²) in [5.74, 6) is 0.117. The van der Waals surface area contributed by atoms with Gasteiger partial charge in [-0.2, -0.15) is 0 Å². The van der Waals surface area contributed by atoms with Gasteiger partial charge in [0.15, 0.2) is 0 Å². The Balaban J connectivity index is 1.75. The maximum atomic E-state index is 12.8. The summed E-state index contributed by atoms with van der Waals surface area (Å²) < 4.78 is 5.91. The molecule has 1 unspecified atom stereocenters. The summed E-state index contributed by atoms with van der Waals surface area (Å²) in [5, 5.41) is 0. The molecule has 0 N–H and O–H groups in total. The van der Waals surface area contributed by atoms with Gasteiger partial charge in [0.1, 0.15) is 0 Å². The summed E-state index contributed by atoms with van der Waals surface area (Å²) in [6, 6.07) is 4.11. The maximum Gasteiger partial charge on any atom is 0.253 e. The Morgan fingerprint density at radius 3 is 2.78 bits per heavy atom. The maximum absolute atomic E-state index is 12.8. The van der Waals surface area contributed by atoms with E-state index in [0.717, 1.165) is 57.8 Å². The average molecular weight is 317 g/mol. The molecular formula is C18H27N3O2. The Labute approximate surface area is 138 Å². The molecule has 2 fully saturated rings. The molecule has 0 aromatic carbocycles. The first-order valence-corrected chi connectivity index (χ1v) is 8.61. The fourth-order valence-electron chi connectivity index (χ4n) is 3.77. The van der Waals surface area contributed by atoms with Gasteiger partial charge in [0.2, 0.25) is 0 Å². The molecule has 0 radical (unpaired) electrons. The van der Waals surface area contributed by atoms with Crippen LogP contribution in [0.1, 0.15) is 37.0 Å². The van der Waals surface area contributed by atoms with E-state index >= 15 is 0 Å². The molecule has 0 bridgehead atoms. The van der Waals surface area contributed by atoms with Gasteiger partial charge < -0.3 is 9.64 Å². The van der Waals surface area contributed by atoms with Crippen molar-refractivity contribution in [2.45, 2.75) is 32.7 Å². The molecule has 3 heterocycles. The standard InChI is InChI=1S/C18H27N3O2/c1-15(2)20-10-11-23-14-18(12-20)6-3-9-21(13-18)17(22)16-4-7-19-8-5-16/h4-5,7-8,15H,3,6,9-14H2,1-2H3. The summed E-state index contributed by atoms with van der Waals surface area (Å²) in [6.45, 7) is 9.66. The number of aromatic nitrogens is 1. The lowest BCUT2D eigenvalue weighted by atomic mass is 9.79. The largest absolute Gasteiger partial charge is 0.379 e. The van der Waals surface area contributed by atoms with Crippen molar-refractivity contribution in [3.05, 3.63) is 30.1 Å². The summed E-state index contributed by atoms with van der Waals surface area (Å²) >= 11 is 0. The lowest BCUT2D eigenvalue weighted by Gasteiger charge is -2.44. The van der Waals surface area contributed by atoms with E-state index in [9.17, 15) is 4.79 Å². The van der Waals surface area contributed by atoms with Crippen LogP contribution in [0.3, 0.4) is 0 Å². The van der Waals surface area contributed by atoms with Gasteiger partial charge in [-0.05, 0) is 38.8 Å². The number of rotatable bonds is 2. The number of nitrogens with zero attached hydrogens (tertiary/aromatic N) is 3. The third kappa shape index (κ3) is 3.72. The first kappa shape index (κ1) is 16.4. The molecule has 2 saturated heterocycles. The van der Waals surface area contributed by atoms with Crippen molar-refractivity contribution >= 4 is 5.91 Å². The third-order valence-corrected chi connectivity index (χ3v) is 5.08. The Hall–Kier alpha value is -1.46. The molecule has 1 aromatic heterocycles. The molecule has 0 aliphatic carbocycles. The molecule has 1 atom stereocenters. The minimum absolute atomic E-state index is 0.0711. The molecule has 2 aliphatic rings. The number of pyridine rings is 1. The molecule has 5 heteroatoms. The van der Waals surface area contributed by atoms with Crippen molar-refractivity contribution in [2.75, 3.05) is 39.4 Å². The molecule has 5 nitrogen and oxygen atoms in total. The SMILES string of the molecule is CC(C)N1CCOCC2(CCCN(C(=O)c3ccncc3)C2)C1. The summed E-state index contributed by atoms with van der Waals surface area (Å²) in [5.41, 5.74) is 0.800. The minimum Gasteiger partial charge on any atom is -0.379 e. The Morgan fingerprint density at radius 1 is 1.26 bits per heavy atom. The van der Waals surface area contributed by atoms with Gasteiger partial charge >= 0.3 is 0 Å². The number of hydrogen-bond donors (Lipinski definition) is 0. The highest BCUT2D eigenvalue weighted by atomic mass is 16.5. The van der Waals surface area contributed by atoms with Crippen LogP contribution in [0.25, 0.3) is 0 Å². The Bertz CT molecular complexity index is 534. The van der Waals surface area contributed by atoms with Crippen molar-refractivity contribution in [3.63, 3.8) is 0 Å². The highest BCUT2D eigenvalue weighted by Crippen LogP contribution is 2.34. The predicted octanol–water partition coefficient (Wildman–Crippen LogP) is 2.04. The quantitative estimate of drug-likeness (QED) is 0.837. The zero-order valence-corrected chi connectivity index (χ0v) is 14.2. The number of likely N-dealkylation sites (tertiary alicyclic amines) is 1. The van der Waals surface area contributed by atoms with E-state index < -0.39 is 0 Å². The molecule has 1 aromatic rings. The number of carbonyl (C=O) groups is 1. The van der Waals surface area contributed by atoms with E-state index in [-0.39, 0.29) is 11.3 Å². The minimum atomic E-state index is 0.0711. The van der Waals surface area contributed by atoms with Crippen LogP contribution in [0.2, 0.25) is 0 Å². The van der Waals surface area contributed by atoms with E-state index in [2.05, 4.69) is 23.7 Å². The van der Waals surface area contributed by atoms with E-state index in [1.54, 1.807) is 24.5 Å². The molecule has 23 heavy (non-hydrogen) atoms. The van der Waals surface area contributed by atoms with Crippen LogP contribution in [0.4, 0.5) is 0 Å².